The number of hydrogen-bond acceptors (Lipinski definition) is 6. The molecule has 24 heavy (non-hydrogen) atoms. The van der Waals surface area contributed by atoms with Gasteiger partial charge in [-0.15, -0.1) is 0 Å². The molecule has 0 unspecified atom stereocenters. The molecule has 0 bridgehead atoms. The van der Waals surface area contributed by atoms with Gasteiger partial charge in [-0.3, -0.25) is 0 Å². The van der Waals surface area contributed by atoms with E-state index in [1.165, 1.54) is 64.2 Å². The lowest BCUT2D eigenvalue weighted by molar-refractivity contribution is -0.708. The minimum atomic E-state index is -4.64. The summed E-state index contributed by atoms with van der Waals surface area (Å²) in [5.41, 5.74) is 0. The first-order valence-corrected chi connectivity index (χ1v) is 10.1. The van der Waals surface area contributed by atoms with Gasteiger partial charge in [0.2, 0.25) is 0 Å². The molecule has 1 aliphatic heterocycles. The van der Waals surface area contributed by atoms with Crippen molar-refractivity contribution in [3.63, 3.8) is 0 Å². The van der Waals surface area contributed by atoms with Crippen LogP contribution in [0.2, 0.25) is 0 Å². The fraction of sp³-hybridized carbons (Fsp3) is 1.00. The zero-order chi connectivity index (χ0) is 17.9. The van der Waals surface area contributed by atoms with Crippen molar-refractivity contribution in [2.75, 3.05) is 13.2 Å². The van der Waals surface area contributed by atoms with Gasteiger partial charge in [-0.2, -0.15) is 0 Å². The van der Waals surface area contributed by atoms with E-state index in [1.54, 1.807) is 0 Å². The predicted octanol–water partition coefficient (Wildman–Crippen LogP) is 3.50. The third-order valence-corrected chi connectivity index (χ3v) is 3.36. The Morgan fingerprint density at radius 3 is 1.04 bits per heavy atom. The molecular weight excluding hydrogens is 343 g/mol. The lowest BCUT2D eigenvalue weighted by Crippen LogP contribution is -2.02. The summed E-state index contributed by atoms with van der Waals surface area (Å²) < 4.78 is 8.88. The van der Waals surface area contributed by atoms with Crippen LogP contribution in [0.15, 0.2) is 0 Å². The first kappa shape index (κ1) is 23.9. The molecule has 0 atom stereocenters. The van der Waals surface area contributed by atoms with Crippen molar-refractivity contribution in [3.8, 4) is 0 Å². The quantitative estimate of drug-likeness (QED) is 0.431. The maximum Gasteiger partial charge on any atom is 0.466 e. The van der Waals surface area contributed by atoms with Crippen molar-refractivity contribution in [1.82, 2.24) is 0 Å². The fourth-order valence-corrected chi connectivity index (χ4v) is 2.21. The molecule has 0 aromatic carbocycles. The highest BCUT2D eigenvalue weighted by Crippen LogP contribution is 2.25. The molecule has 1 saturated heterocycles. The van der Waals surface area contributed by atoms with E-state index in [1.807, 2.05) is 0 Å². The fourth-order valence-electron chi connectivity index (χ4n) is 2.21. The maximum absolute atomic E-state index is 8.88. The Balaban J connectivity index is 0.000000922. The minimum Gasteiger partial charge on any atom is -0.303 e. The van der Waals surface area contributed by atoms with E-state index in [2.05, 4.69) is 15.1 Å². The Bertz CT molecular complexity index is 209. The topological polar surface area (TPSA) is 124 Å². The van der Waals surface area contributed by atoms with Crippen LogP contribution < -0.4 is 0 Å². The zero-order valence-corrected chi connectivity index (χ0v) is 15.0. The second-order valence-electron chi connectivity index (χ2n) is 5.60. The monoisotopic (exact) mass is 374 g/mol. The number of rotatable bonds is 0. The molecule has 0 radical (unpaired) electrons. The van der Waals surface area contributed by atoms with Gasteiger partial charge in [-0.1, -0.05) is 64.2 Å². The zero-order valence-electron chi connectivity index (χ0n) is 14.1. The molecule has 146 valence electrons. The van der Waals surface area contributed by atoms with Gasteiger partial charge < -0.3 is 14.7 Å². The minimum absolute atomic E-state index is 0.517. The van der Waals surface area contributed by atoms with Crippen molar-refractivity contribution < 1.29 is 44.1 Å². The van der Waals surface area contributed by atoms with Crippen LogP contribution in [0.1, 0.15) is 77.0 Å². The van der Waals surface area contributed by atoms with Crippen LogP contribution in [-0.4, -0.2) is 27.9 Å². The molecule has 0 aliphatic carbocycles. The third-order valence-electron chi connectivity index (χ3n) is 3.36. The summed E-state index contributed by atoms with van der Waals surface area (Å²) in [7, 11) is -4.64. The van der Waals surface area contributed by atoms with Crippen LogP contribution in [0.3, 0.4) is 0 Å². The highest BCUT2D eigenvalue weighted by molar-refractivity contribution is 7.45. The molecule has 0 spiro atoms. The van der Waals surface area contributed by atoms with Gasteiger partial charge in [0.15, 0.2) is 0 Å². The van der Waals surface area contributed by atoms with Gasteiger partial charge in [-0.05, 0) is 28.0 Å². The molecule has 9 nitrogen and oxygen atoms in total. The van der Waals surface area contributed by atoms with Gasteiger partial charge in [-0.25, -0.2) is 14.3 Å². The SMILES string of the molecule is C1CCCCCCCOOOOOCCCCCC1.O=P(O)(O)O. The van der Waals surface area contributed by atoms with E-state index >= 15 is 0 Å². The van der Waals surface area contributed by atoms with Gasteiger partial charge >= 0.3 is 7.82 Å². The first-order valence-electron chi connectivity index (χ1n) is 8.53. The highest BCUT2D eigenvalue weighted by atomic mass is 31.2. The smallest absolute Gasteiger partial charge is 0.303 e. The van der Waals surface area contributed by atoms with E-state index in [4.69, 9.17) is 29.0 Å². The summed E-state index contributed by atoms with van der Waals surface area (Å²) in [5, 5.41) is 13.0. The van der Waals surface area contributed by atoms with Crippen LogP contribution in [0, 0.1) is 0 Å². The summed E-state index contributed by atoms with van der Waals surface area (Å²) in [5.74, 6) is 0. The van der Waals surface area contributed by atoms with Gasteiger partial charge in [0.05, 0.1) is 13.2 Å². The van der Waals surface area contributed by atoms with E-state index < -0.39 is 7.82 Å². The molecule has 0 saturated carbocycles. The van der Waals surface area contributed by atoms with Crippen LogP contribution in [-0.2, 0) is 29.5 Å². The van der Waals surface area contributed by atoms with Crippen molar-refractivity contribution in [2.45, 2.75) is 77.0 Å². The summed E-state index contributed by atoms with van der Waals surface area (Å²) in [4.78, 5) is 31.1. The molecule has 1 rings (SSSR count). The summed E-state index contributed by atoms with van der Waals surface area (Å²) in [6, 6.07) is 0. The summed E-state index contributed by atoms with van der Waals surface area (Å²) in [6.07, 6.45) is 15.0. The highest BCUT2D eigenvalue weighted by Gasteiger charge is 2.00. The Labute approximate surface area is 143 Å². The largest absolute Gasteiger partial charge is 0.466 e. The molecule has 1 heterocycles. The number of phosphoric acid groups is 1. The maximum atomic E-state index is 8.88. The number of hydrogen-bond donors (Lipinski definition) is 3. The Morgan fingerprint density at radius 1 is 0.500 bits per heavy atom. The summed E-state index contributed by atoms with van der Waals surface area (Å²) in [6.45, 7) is 1.03. The molecule has 1 fully saturated rings. The average Bonchev–Trinajstić information content (AvgIpc) is 2.49. The van der Waals surface area contributed by atoms with Crippen molar-refractivity contribution in [1.29, 1.82) is 0 Å². The second kappa shape index (κ2) is 17.7. The Hall–Kier alpha value is -0.0900. The standard InChI is InChI=1S/C14H28O5.H3O4P/c1-2-4-6-8-10-12-14-16-18-19-17-15-13-11-9-7-5-3-1;1-5(2,3)4/h1-14H2;(H3,1,2,3,4). The molecule has 1 aliphatic rings. The summed E-state index contributed by atoms with van der Waals surface area (Å²) >= 11 is 0. The van der Waals surface area contributed by atoms with Gasteiger partial charge in [0, 0.05) is 0 Å². The van der Waals surface area contributed by atoms with E-state index in [0.29, 0.717) is 13.2 Å². The molecule has 0 aromatic rings. The van der Waals surface area contributed by atoms with Crippen LogP contribution in [0.5, 0.6) is 0 Å². The van der Waals surface area contributed by atoms with Crippen molar-refractivity contribution >= 4 is 7.82 Å². The molecule has 10 heteroatoms. The third kappa shape index (κ3) is 26.8. The first-order chi connectivity index (χ1) is 11.5. The molecule has 0 aromatic heterocycles. The normalized spacial score (nSPS) is 21.5. The molecule has 0 amide bonds. The van der Waals surface area contributed by atoms with Crippen molar-refractivity contribution in [2.24, 2.45) is 0 Å². The van der Waals surface area contributed by atoms with E-state index in [0.717, 1.165) is 12.8 Å². The lowest BCUT2D eigenvalue weighted by Gasteiger charge is -2.02. The average molecular weight is 374 g/mol. The van der Waals surface area contributed by atoms with E-state index in [9.17, 15) is 0 Å². The molecular formula is C14H31O9P. The van der Waals surface area contributed by atoms with Gasteiger partial charge in [0.25, 0.3) is 0 Å². The predicted molar refractivity (Wildman–Crippen MR) is 84.8 cm³/mol. The lowest BCUT2D eigenvalue weighted by atomic mass is 10.1. The Morgan fingerprint density at radius 2 is 0.750 bits per heavy atom. The van der Waals surface area contributed by atoms with Crippen LogP contribution in [0.4, 0.5) is 0 Å². The van der Waals surface area contributed by atoms with Crippen LogP contribution >= 0.6 is 7.82 Å². The molecule has 3 N–H and O–H groups in total. The van der Waals surface area contributed by atoms with Crippen molar-refractivity contribution in [3.05, 3.63) is 0 Å². The second-order valence-corrected chi connectivity index (χ2v) is 6.63. The van der Waals surface area contributed by atoms with Crippen LogP contribution in [0.25, 0.3) is 0 Å². The Kier molecular flexibility index (Phi) is 17.7. The van der Waals surface area contributed by atoms with E-state index in [-0.39, 0.29) is 0 Å². The van der Waals surface area contributed by atoms with Gasteiger partial charge in [0.1, 0.15) is 0 Å².